The van der Waals surface area contributed by atoms with Gasteiger partial charge in [-0.2, -0.15) is 0 Å². The minimum atomic E-state index is -0.378. The average molecular weight is 478 g/mol. The van der Waals surface area contributed by atoms with Gasteiger partial charge < -0.3 is 0 Å². The van der Waals surface area contributed by atoms with Gasteiger partial charge in [0.05, 0.1) is 11.4 Å². The van der Waals surface area contributed by atoms with E-state index in [1.807, 2.05) is 12.1 Å². The largest absolute Gasteiger partial charge is 0.253 e. The molecule has 0 unspecified atom stereocenters. The van der Waals surface area contributed by atoms with Crippen LogP contribution in [0.25, 0.3) is 46.1 Å². The SMILES string of the molecule is Fc1ccc(-n2nc(-c3ccccn3)nc2-c2nc(-c3ccccn3)nn2-c2ccc(F)cc2)cc1. The smallest absolute Gasteiger partial charge is 0.201 e. The van der Waals surface area contributed by atoms with Gasteiger partial charge >= 0.3 is 0 Å². The number of halogens is 2. The molecule has 0 aliphatic carbocycles. The summed E-state index contributed by atoms with van der Waals surface area (Å²) >= 11 is 0. The van der Waals surface area contributed by atoms with Gasteiger partial charge in [-0.1, -0.05) is 12.1 Å². The number of hydrogen-bond donors (Lipinski definition) is 0. The van der Waals surface area contributed by atoms with Crippen LogP contribution in [0.4, 0.5) is 8.78 Å². The Kier molecular flexibility index (Phi) is 5.30. The summed E-state index contributed by atoms with van der Waals surface area (Å²) < 4.78 is 30.5. The summed E-state index contributed by atoms with van der Waals surface area (Å²) in [6, 6.07) is 22.6. The minimum Gasteiger partial charge on any atom is -0.253 e. The van der Waals surface area contributed by atoms with E-state index in [0.717, 1.165) is 0 Å². The Morgan fingerprint density at radius 3 is 1.28 bits per heavy atom. The third-order valence-corrected chi connectivity index (χ3v) is 5.34. The van der Waals surface area contributed by atoms with E-state index in [-0.39, 0.29) is 11.6 Å². The van der Waals surface area contributed by atoms with E-state index in [4.69, 9.17) is 9.97 Å². The Bertz CT molecular complexity index is 1500. The van der Waals surface area contributed by atoms with E-state index >= 15 is 0 Å². The molecular formula is C26H16F2N8. The van der Waals surface area contributed by atoms with Crippen molar-refractivity contribution in [2.24, 2.45) is 0 Å². The first-order valence-corrected chi connectivity index (χ1v) is 10.9. The summed E-state index contributed by atoms with van der Waals surface area (Å²) in [5.41, 5.74) is 2.23. The third-order valence-electron chi connectivity index (χ3n) is 5.34. The number of rotatable bonds is 5. The van der Waals surface area contributed by atoms with Crippen molar-refractivity contribution in [2.75, 3.05) is 0 Å². The van der Waals surface area contributed by atoms with Crippen LogP contribution in [0.2, 0.25) is 0 Å². The molecule has 0 saturated carbocycles. The van der Waals surface area contributed by atoms with Gasteiger partial charge in [-0.15, -0.1) is 10.2 Å². The van der Waals surface area contributed by atoms with Gasteiger partial charge in [0.25, 0.3) is 0 Å². The quantitative estimate of drug-likeness (QED) is 0.350. The zero-order valence-corrected chi connectivity index (χ0v) is 18.6. The Labute approximate surface area is 203 Å². The highest BCUT2D eigenvalue weighted by molar-refractivity contribution is 5.62. The van der Waals surface area contributed by atoms with Crippen molar-refractivity contribution in [1.82, 2.24) is 39.5 Å². The van der Waals surface area contributed by atoms with Gasteiger partial charge in [0.15, 0.2) is 0 Å². The molecule has 0 atom stereocenters. The fourth-order valence-corrected chi connectivity index (χ4v) is 3.65. The first-order chi connectivity index (χ1) is 17.7. The summed E-state index contributed by atoms with van der Waals surface area (Å²) in [7, 11) is 0. The second kappa shape index (κ2) is 8.91. The van der Waals surface area contributed by atoms with Crippen LogP contribution in [-0.2, 0) is 0 Å². The van der Waals surface area contributed by atoms with Crippen molar-refractivity contribution < 1.29 is 8.78 Å². The molecule has 0 radical (unpaired) electrons. The topological polar surface area (TPSA) is 87.2 Å². The lowest BCUT2D eigenvalue weighted by Gasteiger charge is -2.07. The lowest BCUT2D eigenvalue weighted by atomic mass is 10.3. The zero-order valence-electron chi connectivity index (χ0n) is 18.6. The van der Waals surface area contributed by atoms with Gasteiger partial charge in [0.1, 0.15) is 23.0 Å². The van der Waals surface area contributed by atoms with E-state index in [1.165, 1.54) is 24.3 Å². The second-order valence-corrected chi connectivity index (χ2v) is 7.72. The second-order valence-electron chi connectivity index (χ2n) is 7.72. The zero-order chi connectivity index (χ0) is 24.5. The summed E-state index contributed by atoms with van der Waals surface area (Å²) in [4.78, 5) is 18.2. The molecule has 0 bridgehead atoms. The standard InChI is InChI=1S/C26H16F2N8/c27-17-7-11-19(12-8-17)35-25(31-23(33-35)21-5-1-3-15-29-21)26-32-24(22-6-2-4-16-30-22)34-36(26)20-13-9-18(28)10-14-20/h1-16H. The molecule has 0 N–H and O–H groups in total. The molecule has 10 heteroatoms. The lowest BCUT2D eigenvalue weighted by molar-refractivity contribution is 0.626. The fraction of sp³-hybridized carbons (Fsp3) is 0. The van der Waals surface area contributed by atoms with Crippen LogP contribution in [-0.4, -0.2) is 39.5 Å². The maximum absolute atomic E-state index is 13.7. The number of pyridine rings is 2. The maximum atomic E-state index is 13.7. The molecule has 0 saturated heterocycles. The molecule has 4 heterocycles. The van der Waals surface area contributed by atoms with Gasteiger partial charge in [-0.05, 0) is 72.8 Å². The number of aromatic nitrogens is 8. The minimum absolute atomic E-state index is 0.335. The third kappa shape index (κ3) is 4.00. The van der Waals surface area contributed by atoms with E-state index in [1.54, 1.807) is 70.3 Å². The molecule has 0 aliphatic heterocycles. The highest BCUT2D eigenvalue weighted by atomic mass is 19.1. The van der Waals surface area contributed by atoms with Crippen LogP contribution in [0.15, 0.2) is 97.3 Å². The molecule has 36 heavy (non-hydrogen) atoms. The van der Waals surface area contributed by atoms with Crippen molar-refractivity contribution in [2.45, 2.75) is 0 Å². The molecule has 6 aromatic rings. The Hall–Kier alpha value is -5.12. The average Bonchev–Trinajstić information content (AvgIpc) is 3.56. The molecule has 0 amide bonds. The summed E-state index contributed by atoms with van der Waals surface area (Å²) in [6.07, 6.45) is 3.29. The van der Waals surface area contributed by atoms with Crippen molar-refractivity contribution >= 4 is 0 Å². The first kappa shape index (κ1) is 21.4. The van der Waals surface area contributed by atoms with Crippen LogP contribution in [0.5, 0.6) is 0 Å². The molecular weight excluding hydrogens is 462 g/mol. The summed E-state index contributed by atoms with van der Waals surface area (Å²) in [5.74, 6) is 0.614. The van der Waals surface area contributed by atoms with Gasteiger partial charge in [0, 0.05) is 12.4 Å². The molecule has 0 aliphatic rings. The highest BCUT2D eigenvalue weighted by Gasteiger charge is 2.23. The van der Waals surface area contributed by atoms with Gasteiger partial charge in [-0.3, -0.25) is 9.97 Å². The molecule has 2 aromatic carbocycles. The number of hydrogen-bond acceptors (Lipinski definition) is 6. The van der Waals surface area contributed by atoms with Crippen LogP contribution in [0.1, 0.15) is 0 Å². The number of benzene rings is 2. The highest BCUT2D eigenvalue weighted by Crippen LogP contribution is 2.28. The van der Waals surface area contributed by atoms with Crippen molar-refractivity contribution in [1.29, 1.82) is 0 Å². The van der Waals surface area contributed by atoms with E-state index in [2.05, 4.69) is 20.2 Å². The molecule has 6 rings (SSSR count). The summed E-state index contributed by atoms with van der Waals surface area (Å²) in [5, 5.41) is 9.30. The van der Waals surface area contributed by atoms with E-state index < -0.39 is 0 Å². The summed E-state index contributed by atoms with van der Waals surface area (Å²) in [6.45, 7) is 0. The molecule has 174 valence electrons. The van der Waals surface area contributed by atoms with Crippen LogP contribution in [0, 0.1) is 11.6 Å². The van der Waals surface area contributed by atoms with Gasteiger partial charge in [0.2, 0.25) is 23.3 Å². The number of nitrogens with zero attached hydrogens (tertiary/aromatic N) is 8. The molecule has 4 aromatic heterocycles. The normalized spacial score (nSPS) is 11.1. The molecule has 0 spiro atoms. The van der Waals surface area contributed by atoms with Crippen molar-refractivity contribution in [3.05, 3.63) is 109 Å². The van der Waals surface area contributed by atoms with E-state index in [9.17, 15) is 8.78 Å². The fourth-order valence-electron chi connectivity index (χ4n) is 3.65. The van der Waals surface area contributed by atoms with E-state index in [0.29, 0.717) is 46.1 Å². The Morgan fingerprint density at radius 1 is 0.500 bits per heavy atom. The first-order valence-electron chi connectivity index (χ1n) is 10.9. The predicted molar refractivity (Wildman–Crippen MR) is 128 cm³/mol. The van der Waals surface area contributed by atoms with Crippen LogP contribution >= 0.6 is 0 Å². The van der Waals surface area contributed by atoms with Crippen molar-refractivity contribution in [3.63, 3.8) is 0 Å². The monoisotopic (exact) mass is 478 g/mol. The Morgan fingerprint density at radius 2 is 0.917 bits per heavy atom. The van der Waals surface area contributed by atoms with Crippen molar-refractivity contribution in [3.8, 4) is 46.1 Å². The predicted octanol–water partition coefficient (Wildman–Crippen LogP) is 4.92. The van der Waals surface area contributed by atoms with Crippen LogP contribution in [0.3, 0.4) is 0 Å². The molecule has 0 fully saturated rings. The Balaban J connectivity index is 1.60. The van der Waals surface area contributed by atoms with Gasteiger partial charge in [-0.25, -0.2) is 28.1 Å². The maximum Gasteiger partial charge on any atom is 0.201 e. The lowest BCUT2D eigenvalue weighted by Crippen LogP contribution is -2.06. The molecule has 8 nitrogen and oxygen atoms in total. The van der Waals surface area contributed by atoms with Crippen LogP contribution < -0.4 is 0 Å².